The largest absolute Gasteiger partial charge is 0.395 e. The Morgan fingerprint density at radius 1 is 1.31 bits per heavy atom. The number of nitrogens with two attached hydrogens (primary N) is 2. The van der Waals surface area contributed by atoms with E-state index in [1.807, 2.05) is 0 Å². The van der Waals surface area contributed by atoms with Crippen molar-refractivity contribution in [2.24, 2.45) is 0 Å². The van der Waals surface area contributed by atoms with Gasteiger partial charge in [0.15, 0.2) is 22.6 Å². The maximum absolute atomic E-state index is 13.6. The second-order valence-corrected chi connectivity index (χ2v) is 16.7. The molecule has 2 fully saturated rings. The Hall–Kier alpha value is -2.30. The van der Waals surface area contributed by atoms with Gasteiger partial charge in [0.05, 0.1) is 42.6 Å². The summed E-state index contributed by atoms with van der Waals surface area (Å²) in [5.74, 6) is -0.0312. The highest BCUT2D eigenvalue weighted by molar-refractivity contribution is 8.44. The summed E-state index contributed by atoms with van der Waals surface area (Å²) in [5.41, 5.74) is 11.7. The Bertz CT molecular complexity index is 1850. The predicted octanol–water partition coefficient (Wildman–Crippen LogP) is -0.199. The topological polar surface area (TPSA) is 283 Å². The molecule has 20 nitrogen and oxygen atoms in total. The smallest absolute Gasteiger partial charge is 0.386 e. The first kappa shape index (κ1) is 32.6. The van der Waals surface area contributed by atoms with Crippen LogP contribution < -0.4 is 17.0 Å². The minimum atomic E-state index is -4.27. The first-order chi connectivity index (χ1) is 21.5. The zero-order chi connectivity index (χ0) is 32.0. The number of hydrogen-bond acceptors (Lipinski definition) is 18. The number of aliphatic hydroxyl groups excluding tert-OH is 2. The molecule has 7 N–H and O–H groups in total. The van der Waals surface area contributed by atoms with Crippen LogP contribution >= 0.6 is 50.1 Å². The molecule has 0 radical (unpaired) electrons. The lowest BCUT2D eigenvalue weighted by Crippen LogP contribution is -2.35. The normalized spacial score (nSPS) is 29.0. The molecule has 25 heteroatoms. The highest BCUT2D eigenvalue weighted by Gasteiger charge is 2.49. The molecule has 6 heterocycles. The van der Waals surface area contributed by atoms with Gasteiger partial charge in [-0.25, -0.2) is 23.7 Å². The van der Waals surface area contributed by atoms with E-state index in [9.17, 15) is 24.1 Å². The summed E-state index contributed by atoms with van der Waals surface area (Å²) in [6.45, 7) is -5.09. The van der Waals surface area contributed by atoms with E-state index in [1.165, 1.54) is 21.7 Å². The number of fused-ring (bicyclic) bond motifs is 2. The zero-order valence-corrected chi connectivity index (χ0v) is 27.3. The van der Waals surface area contributed by atoms with E-state index >= 15 is 0 Å². The van der Waals surface area contributed by atoms with Gasteiger partial charge in [-0.15, -0.1) is 29.1 Å². The lowest BCUT2D eigenvalue weighted by atomic mass is 10.1. The number of ether oxygens (including phenoxy) is 2. The van der Waals surface area contributed by atoms with Crippen molar-refractivity contribution >= 4 is 78.6 Å². The highest BCUT2D eigenvalue weighted by Crippen LogP contribution is 2.59. The van der Waals surface area contributed by atoms with E-state index in [0.717, 1.165) is 11.8 Å². The number of aromatic amines is 1. The third-order valence-electron chi connectivity index (χ3n) is 7.05. The number of thiol groups is 2. The minimum Gasteiger partial charge on any atom is -0.395 e. The van der Waals surface area contributed by atoms with Gasteiger partial charge < -0.3 is 35.7 Å². The van der Waals surface area contributed by atoms with Crippen LogP contribution in [-0.4, -0.2) is 104 Å². The van der Waals surface area contributed by atoms with Crippen molar-refractivity contribution in [1.29, 1.82) is 0 Å². The SMILES string of the molecule is Nc1nc2c(nnn2[C@@H]2S[C@H](CO)[C@@H](O)[C@H]2OP(=O)(S)OC[C@H]2O[C@@H](c3cnc4c(N)ncnn34)C[C@@H]2OC[PH](=O)S)c(=O)[nH]1. The Morgan fingerprint density at radius 2 is 2.11 bits per heavy atom. The summed E-state index contributed by atoms with van der Waals surface area (Å²) in [4.78, 5) is 26.8. The van der Waals surface area contributed by atoms with Gasteiger partial charge in [-0.2, -0.15) is 10.1 Å². The van der Waals surface area contributed by atoms with Crippen LogP contribution in [0.3, 0.4) is 0 Å². The molecule has 6 rings (SSSR count). The molecule has 0 aromatic carbocycles. The molecule has 0 spiro atoms. The lowest BCUT2D eigenvalue weighted by Gasteiger charge is -2.26. The van der Waals surface area contributed by atoms with Crippen LogP contribution in [0.2, 0.25) is 0 Å². The number of nitrogens with one attached hydrogen (secondary N) is 1. The molecule has 45 heavy (non-hydrogen) atoms. The number of anilines is 2. The monoisotopic (exact) mass is 723 g/mol. The molecule has 9 atom stereocenters. The number of H-pyrrole nitrogens is 1. The Morgan fingerprint density at radius 3 is 2.87 bits per heavy atom. The number of aromatic nitrogens is 9. The predicted molar refractivity (Wildman–Crippen MR) is 166 cm³/mol. The van der Waals surface area contributed by atoms with Gasteiger partial charge in [0.2, 0.25) is 5.95 Å². The van der Waals surface area contributed by atoms with Crippen molar-refractivity contribution in [1.82, 2.24) is 44.5 Å². The standard InChI is InChI=1S/C20H27N11O9P2S3/c21-15-17-23-2-7(30(17)25-5-24-15)8-1-9(37-6-41(35)43)10(39-8)4-38-42(36,44)40-14-13(33)11(3-32)45-19(14)31-16-12(28-29-31)18(34)27-20(22)26-16/h2,5,8-11,13-14,19,32-33,41H,1,3-4,6H2,(H,35,43)(H,36,44)(H2,21,24,25)(H3,22,26,27,34)/t8-,9+,10-,11-,13-,14-,19-,42?/m1/s1. The van der Waals surface area contributed by atoms with Crippen molar-refractivity contribution in [3.05, 3.63) is 28.6 Å². The van der Waals surface area contributed by atoms with E-state index in [2.05, 4.69) is 59.8 Å². The van der Waals surface area contributed by atoms with E-state index in [1.54, 1.807) is 0 Å². The summed E-state index contributed by atoms with van der Waals surface area (Å²) in [5, 5.41) is 31.0. The average molecular weight is 724 g/mol. The van der Waals surface area contributed by atoms with Crippen molar-refractivity contribution in [2.45, 2.75) is 47.6 Å². The molecule has 244 valence electrons. The molecule has 2 unspecified atom stereocenters. The van der Waals surface area contributed by atoms with Crippen LogP contribution in [0.4, 0.5) is 11.8 Å². The summed E-state index contributed by atoms with van der Waals surface area (Å²) in [7, 11) is -2.30. The van der Waals surface area contributed by atoms with Crippen molar-refractivity contribution < 1.29 is 37.9 Å². The van der Waals surface area contributed by atoms with E-state index in [0.29, 0.717) is 11.3 Å². The number of nitrogens with zero attached hydrogens (tertiary/aromatic N) is 8. The van der Waals surface area contributed by atoms with Crippen LogP contribution in [0, 0.1) is 0 Å². The summed E-state index contributed by atoms with van der Waals surface area (Å²) in [6.07, 6.45) is -1.91. The fourth-order valence-corrected chi connectivity index (χ4v) is 8.56. The zero-order valence-electron chi connectivity index (χ0n) is 22.8. The quantitative estimate of drug-likeness (QED) is 0.0779. The molecule has 2 aliphatic rings. The molecule has 0 aliphatic carbocycles. The van der Waals surface area contributed by atoms with Gasteiger partial charge in [0.25, 0.3) is 5.56 Å². The van der Waals surface area contributed by atoms with Crippen LogP contribution in [0.15, 0.2) is 17.3 Å². The van der Waals surface area contributed by atoms with Gasteiger partial charge in [-0.3, -0.25) is 18.8 Å². The highest BCUT2D eigenvalue weighted by atomic mass is 32.7. The third-order valence-corrected chi connectivity index (χ3v) is 11.0. The number of aliphatic hydroxyl groups is 2. The second-order valence-electron chi connectivity index (χ2n) is 9.94. The first-order valence-corrected chi connectivity index (χ1v) is 19.6. The van der Waals surface area contributed by atoms with Gasteiger partial charge in [0.1, 0.15) is 43.4 Å². The van der Waals surface area contributed by atoms with E-state index in [4.69, 9.17) is 30.0 Å². The second kappa shape index (κ2) is 13.1. The van der Waals surface area contributed by atoms with E-state index < -0.39 is 67.1 Å². The fraction of sp³-hybridized carbons (Fsp3) is 0.550. The molecule has 4 aromatic rings. The number of nitrogen functional groups attached to an aromatic ring is 2. The molecular formula is C20H27N11O9P2S3. The van der Waals surface area contributed by atoms with Crippen molar-refractivity contribution in [3.8, 4) is 0 Å². The summed E-state index contributed by atoms with van der Waals surface area (Å²) < 4.78 is 51.2. The van der Waals surface area contributed by atoms with E-state index in [-0.39, 0.29) is 42.3 Å². The third kappa shape index (κ3) is 6.61. The number of thioether (sulfide) groups is 1. The Balaban J connectivity index is 1.20. The lowest BCUT2D eigenvalue weighted by molar-refractivity contribution is -0.0395. The van der Waals surface area contributed by atoms with Crippen LogP contribution in [-0.2, 0) is 27.7 Å². The van der Waals surface area contributed by atoms with Crippen LogP contribution in [0.5, 0.6) is 0 Å². The average Bonchev–Trinajstić information content (AvgIpc) is 3.76. The van der Waals surface area contributed by atoms with Crippen LogP contribution in [0.25, 0.3) is 16.8 Å². The maximum atomic E-state index is 13.6. The summed E-state index contributed by atoms with van der Waals surface area (Å²) in [6, 6.07) is 0. The van der Waals surface area contributed by atoms with Gasteiger partial charge in [-0.05, 0) is 0 Å². The van der Waals surface area contributed by atoms with Crippen LogP contribution in [0.1, 0.15) is 23.6 Å². The minimum absolute atomic E-state index is 0.0173. The molecule has 0 bridgehead atoms. The molecular weight excluding hydrogens is 696 g/mol. The molecule has 2 saturated heterocycles. The van der Waals surface area contributed by atoms with Gasteiger partial charge in [-0.1, -0.05) is 17.5 Å². The van der Waals surface area contributed by atoms with Crippen molar-refractivity contribution in [3.63, 3.8) is 0 Å². The number of rotatable bonds is 11. The Kier molecular flexibility index (Phi) is 9.48. The maximum Gasteiger partial charge on any atom is 0.386 e. The van der Waals surface area contributed by atoms with Crippen molar-refractivity contribution in [2.75, 3.05) is 31.0 Å². The number of hydrogen-bond donors (Lipinski definition) is 7. The molecule has 4 aromatic heterocycles. The number of imidazole rings is 1. The fourth-order valence-electron chi connectivity index (χ4n) is 5.04. The molecule has 0 amide bonds. The first-order valence-electron chi connectivity index (χ1n) is 13.1. The molecule has 0 saturated carbocycles. The van der Waals surface area contributed by atoms with Gasteiger partial charge >= 0.3 is 6.80 Å². The summed E-state index contributed by atoms with van der Waals surface area (Å²) >= 11 is 9.10. The van der Waals surface area contributed by atoms with Gasteiger partial charge in [0, 0.05) is 6.42 Å². The molecule has 2 aliphatic heterocycles. The Labute approximate surface area is 267 Å².